The second kappa shape index (κ2) is 12.8. The van der Waals surface area contributed by atoms with Crippen molar-refractivity contribution in [2.75, 3.05) is 40.8 Å². The third-order valence-electron chi connectivity index (χ3n) is 7.76. The number of para-hydroxylation sites is 1. The van der Waals surface area contributed by atoms with E-state index >= 15 is 0 Å². The molecular weight excluding hydrogens is 530 g/mol. The zero-order valence-electron chi connectivity index (χ0n) is 24.9. The normalized spacial score (nSPS) is 16.7. The Kier molecular flexibility index (Phi) is 8.94. The number of aromatic nitrogens is 3. The predicted molar refractivity (Wildman–Crippen MR) is 167 cm³/mol. The Bertz CT molecular complexity index is 1610. The zero-order chi connectivity index (χ0) is 29.8. The lowest BCUT2D eigenvalue weighted by molar-refractivity contribution is -0.117. The largest absolute Gasteiger partial charge is 0.494 e. The first-order chi connectivity index (χ1) is 20.2. The lowest BCUT2D eigenvalue weighted by Crippen LogP contribution is -2.35. The Morgan fingerprint density at radius 3 is 2.64 bits per heavy atom. The maximum absolute atomic E-state index is 11.7. The van der Waals surface area contributed by atoms with Crippen molar-refractivity contribution in [2.24, 2.45) is 18.7 Å². The molecule has 4 N–H and O–H groups in total. The summed E-state index contributed by atoms with van der Waals surface area (Å²) in [6, 6.07) is 14.4. The second-order valence-corrected chi connectivity index (χ2v) is 11.4. The molecule has 42 heavy (non-hydrogen) atoms. The molecule has 222 valence electrons. The monoisotopic (exact) mass is 571 g/mol. The molecule has 1 aliphatic carbocycles. The number of aryl methyl sites for hydroxylation is 1. The first-order valence-corrected chi connectivity index (χ1v) is 14.5. The van der Waals surface area contributed by atoms with Crippen molar-refractivity contribution < 1.29 is 14.3 Å². The average Bonchev–Trinajstić information content (AvgIpc) is 3.33. The summed E-state index contributed by atoms with van der Waals surface area (Å²) in [6.45, 7) is 3.70. The molecule has 1 saturated carbocycles. The van der Waals surface area contributed by atoms with Gasteiger partial charge in [-0.1, -0.05) is 24.3 Å². The number of hydrogen-bond donors (Lipinski definition) is 3. The third-order valence-corrected chi connectivity index (χ3v) is 7.76. The molecule has 2 aromatic heterocycles. The maximum Gasteiger partial charge on any atom is 0.248 e. The van der Waals surface area contributed by atoms with Crippen molar-refractivity contribution in [3.63, 3.8) is 0 Å². The summed E-state index contributed by atoms with van der Waals surface area (Å²) in [5, 5.41) is 7.35. The fraction of sp³-hybridized carbons (Fsp3) is 0.406. The molecular formula is C32H41N7O3. The third kappa shape index (κ3) is 6.66. The van der Waals surface area contributed by atoms with Crippen LogP contribution < -0.4 is 21.1 Å². The number of carbonyl (C=O) groups excluding carboxylic acids is 2. The average molecular weight is 572 g/mol. The van der Waals surface area contributed by atoms with E-state index in [-0.39, 0.29) is 5.91 Å². The molecule has 4 aromatic rings. The maximum atomic E-state index is 11.7. The molecule has 0 bridgehead atoms. The van der Waals surface area contributed by atoms with E-state index in [4.69, 9.17) is 15.5 Å². The molecule has 6 rings (SSSR count). The number of amides is 2. The van der Waals surface area contributed by atoms with E-state index in [1.54, 1.807) is 25.3 Å². The molecule has 1 atom stereocenters. The van der Waals surface area contributed by atoms with Crippen LogP contribution in [0.4, 0.5) is 0 Å². The van der Waals surface area contributed by atoms with E-state index in [2.05, 4.69) is 45.5 Å². The van der Waals surface area contributed by atoms with Crippen molar-refractivity contribution in [1.29, 1.82) is 0 Å². The second-order valence-electron chi connectivity index (χ2n) is 11.4. The number of rotatable bonds is 9. The minimum Gasteiger partial charge on any atom is -0.494 e. The first-order valence-electron chi connectivity index (χ1n) is 14.5. The van der Waals surface area contributed by atoms with Gasteiger partial charge in [-0.15, -0.1) is 0 Å². The van der Waals surface area contributed by atoms with E-state index in [0.717, 1.165) is 55.6 Å². The van der Waals surface area contributed by atoms with Crippen LogP contribution in [0.25, 0.3) is 33.5 Å². The molecule has 10 heteroatoms. The van der Waals surface area contributed by atoms with Crippen LogP contribution in [0.15, 0.2) is 54.6 Å². The number of carbonyl (C=O) groups is 2. The molecule has 1 saturated heterocycles. The van der Waals surface area contributed by atoms with Gasteiger partial charge in [0.1, 0.15) is 11.3 Å². The van der Waals surface area contributed by atoms with Crippen LogP contribution in [0.3, 0.4) is 0 Å². The van der Waals surface area contributed by atoms with Crippen molar-refractivity contribution in [3.05, 3.63) is 60.2 Å². The highest BCUT2D eigenvalue weighted by Crippen LogP contribution is 2.37. The van der Waals surface area contributed by atoms with Gasteiger partial charge in [-0.05, 0) is 70.1 Å². The molecule has 1 aliphatic heterocycles. The summed E-state index contributed by atoms with van der Waals surface area (Å²) >= 11 is 0. The number of methoxy groups -OCH3 is 1. The Hall–Kier alpha value is -4.15. The number of imidazole rings is 1. The van der Waals surface area contributed by atoms with Crippen molar-refractivity contribution in [3.8, 4) is 17.3 Å². The zero-order valence-corrected chi connectivity index (χ0v) is 24.9. The van der Waals surface area contributed by atoms with Gasteiger partial charge < -0.3 is 35.1 Å². The first kappa shape index (κ1) is 29.3. The van der Waals surface area contributed by atoms with Crippen LogP contribution in [-0.4, -0.2) is 77.7 Å². The Labute approximate surface area is 246 Å². The fourth-order valence-corrected chi connectivity index (χ4v) is 5.39. The quantitative estimate of drug-likeness (QED) is 0.265. The highest BCUT2D eigenvalue weighted by molar-refractivity contribution is 5.99. The molecule has 2 aromatic carbocycles. The number of likely N-dealkylation sites (N-methyl/N-ethyl adjacent to an activating group) is 1. The van der Waals surface area contributed by atoms with E-state index in [0.29, 0.717) is 22.9 Å². The van der Waals surface area contributed by atoms with Gasteiger partial charge in [-0.3, -0.25) is 9.59 Å². The SMILES string of the molecule is CN(C)C/C=C/C(=O)N[C@@H]1CCNC1.COc1cc(C(N)=O)cc2nc(-c3cc4ccccc4n3CC3CC3)n(C)c12. The Morgan fingerprint density at radius 2 is 1.98 bits per heavy atom. The van der Waals surface area contributed by atoms with E-state index in [9.17, 15) is 9.59 Å². The van der Waals surface area contributed by atoms with Crippen molar-refractivity contribution in [2.45, 2.75) is 31.8 Å². The van der Waals surface area contributed by atoms with Gasteiger partial charge in [0.05, 0.1) is 18.3 Å². The predicted octanol–water partition coefficient (Wildman–Crippen LogP) is 3.29. The number of primary amides is 1. The molecule has 0 spiro atoms. The van der Waals surface area contributed by atoms with Gasteiger partial charge in [0, 0.05) is 55.3 Å². The standard InChI is InChI=1S/C22H22N4O2.C10H19N3O/c1-25-20-16(9-15(21(23)27)11-19(20)28-2)24-22(25)18-10-14-5-3-4-6-17(14)26(18)12-13-7-8-13;1-13(2)7-3-4-10(14)12-9-5-6-11-8-9/h3-6,9-11,13H,7-8,12H2,1-2H3,(H2,23,27);3-4,9,11H,5-8H2,1-2H3,(H,12,14)/b;4-3+/t;9-/m.1/s1. The molecule has 2 fully saturated rings. The van der Waals surface area contributed by atoms with E-state index in [1.165, 1.54) is 23.7 Å². The number of benzene rings is 2. The van der Waals surface area contributed by atoms with Crippen LogP contribution in [-0.2, 0) is 18.4 Å². The summed E-state index contributed by atoms with van der Waals surface area (Å²) in [6.07, 6.45) is 7.08. The van der Waals surface area contributed by atoms with Crippen molar-refractivity contribution in [1.82, 2.24) is 29.7 Å². The minimum absolute atomic E-state index is 0.0144. The molecule has 2 aliphatic rings. The molecule has 0 unspecified atom stereocenters. The van der Waals surface area contributed by atoms with Gasteiger partial charge in [0.2, 0.25) is 11.8 Å². The van der Waals surface area contributed by atoms with E-state index < -0.39 is 5.91 Å². The van der Waals surface area contributed by atoms with Gasteiger partial charge >= 0.3 is 0 Å². The molecule has 3 heterocycles. The van der Waals surface area contributed by atoms with Gasteiger partial charge in [0.25, 0.3) is 0 Å². The lowest BCUT2D eigenvalue weighted by Gasteiger charge is -2.11. The molecule has 0 radical (unpaired) electrons. The highest BCUT2D eigenvalue weighted by Gasteiger charge is 2.26. The topological polar surface area (TPSA) is 119 Å². The summed E-state index contributed by atoms with van der Waals surface area (Å²) in [4.78, 5) is 29.9. The van der Waals surface area contributed by atoms with Gasteiger partial charge in [-0.25, -0.2) is 4.98 Å². The lowest BCUT2D eigenvalue weighted by atomic mass is 10.1. The number of nitrogens with two attached hydrogens (primary N) is 1. The van der Waals surface area contributed by atoms with Crippen LogP contribution in [0.5, 0.6) is 5.75 Å². The van der Waals surface area contributed by atoms with Crippen LogP contribution in [0, 0.1) is 5.92 Å². The van der Waals surface area contributed by atoms with Crippen LogP contribution in [0.2, 0.25) is 0 Å². The minimum atomic E-state index is -0.491. The summed E-state index contributed by atoms with van der Waals surface area (Å²) < 4.78 is 9.95. The molecule has 10 nitrogen and oxygen atoms in total. The van der Waals surface area contributed by atoms with Crippen molar-refractivity contribution >= 4 is 33.8 Å². The summed E-state index contributed by atoms with van der Waals surface area (Å²) in [5.41, 5.74) is 9.74. The molecule has 2 amide bonds. The number of hydrogen-bond acceptors (Lipinski definition) is 6. The summed E-state index contributed by atoms with van der Waals surface area (Å²) in [5.74, 6) is 1.71. The number of ether oxygens (including phenoxy) is 1. The van der Waals surface area contributed by atoms with Crippen LogP contribution >= 0.6 is 0 Å². The van der Waals surface area contributed by atoms with Gasteiger partial charge in [-0.2, -0.15) is 0 Å². The smallest absolute Gasteiger partial charge is 0.248 e. The van der Waals surface area contributed by atoms with E-state index in [1.807, 2.05) is 36.7 Å². The Balaban J connectivity index is 0.000000214. The number of nitrogens with one attached hydrogen (secondary N) is 2. The number of fused-ring (bicyclic) bond motifs is 2. The fourth-order valence-electron chi connectivity index (χ4n) is 5.39. The highest BCUT2D eigenvalue weighted by atomic mass is 16.5. The summed E-state index contributed by atoms with van der Waals surface area (Å²) in [7, 11) is 7.53. The van der Waals surface area contributed by atoms with Gasteiger partial charge in [0.15, 0.2) is 5.82 Å². The van der Waals surface area contributed by atoms with Crippen LogP contribution in [0.1, 0.15) is 29.6 Å². The Morgan fingerprint density at radius 1 is 1.19 bits per heavy atom. The number of nitrogens with zero attached hydrogens (tertiary/aromatic N) is 4.